The second-order valence-electron chi connectivity index (χ2n) is 9.89. The maximum Gasteiger partial charge on any atom is 0.325 e. The molecule has 36 heavy (non-hydrogen) atoms. The highest BCUT2D eigenvalue weighted by Crippen LogP contribution is 2.39. The van der Waals surface area contributed by atoms with Crippen LogP contribution in [0.3, 0.4) is 0 Å². The molecule has 3 aliphatic heterocycles. The Hall–Kier alpha value is -2.91. The molecule has 0 aliphatic carbocycles. The minimum atomic E-state index is -0.703. The summed E-state index contributed by atoms with van der Waals surface area (Å²) in [7, 11) is 0. The number of hydrogen-bond acceptors (Lipinski definition) is 7. The van der Waals surface area contributed by atoms with Gasteiger partial charge in [-0.2, -0.15) is 0 Å². The van der Waals surface area contributed by atoms with Crippen LogP contribution in [0.25, 0.3) is 0 Å². The lowest BCUT2D eigenvalue weighted by molar-refractivity contribution is -0.131. The average Bonchev–Trinajstić information content (AvgIpc) is 3.31. The van der Waals surface area contributed by atoms with E-state index in [4.69, 9.17) is 4.99 Å². The van der Waals surface area contributed by atoms with Crippen LogP contribution >= 0.6 is 11.3 Å². The number of unbranched alkanes of at least 4 members (excludes halogenated alkanes) is 1. The molecule has 0 spiro atoms. The molecule has 0 unspecified atom stereocenters. The lowest BCUT2D eigenvalue weighted by Gasteiger charge is -2.36. The molecule has 2 N–H and O–H groups in total. The standard InChI is InChI=1S/C27H36N6O2S/c1-4-27(5-2)25(34)33(26(35)30-27)13-9-8-12-31-14-16-32(17-15-31)23-20-18-19(3)36-24(20)29-22-11-7-6-10-21(22)28-23/h6-7,10-11,18,29H,4-5,8-9,12-17H2,1-3H3,(H,30,35). The molecule has 9 heteroatoms. The molecule has 3 aliphatic rings. The van der Waals surface area contributed by atoms with E-state index in [0.717, 1.165) is 67.8 Å². The Balaban J connectivity index is 1.15. The lowest BCUT2D eigenvalue weighted by Crippen LogP contribution is -2.49. The van der Waals surface area contributed by atoms with E-state index < -0.39 is 5.54 Å². The normalized spacial score (nSPS) is 19.4. The van der Waals surface area contributed by atoms with Gasteiger partial charge in [0, 0.05) is 37.6 Å². The molecule has 192 valence electrons. The first-order chi connectivity index (χ1) is 17.4. The molecule has 2 aromatic rings. The highest BCUT2D eigenvalue weighted by atomic mass is 32.1. The third-order valence-electron chi connectivity index (χ3n) is 7.71. The molecule has 0 radical (unpaired) electrons. The van der Waals surface area contributed by atoms with Crippen molar-refractivity contribution in [1.82, 2.24) is 20.0 Å². The summed E-state index contributed by atoms with van der Waals surface area (Å²) >= 11 is 1.78. The summed E-state index contributed by atoms with van der Waals surface area (Å²) in [5.41, 5.74) is 2.51. The number of thiophene rings is 1. The monoisotopic (exact) mass is 508 g/mol. The van der Waals surface area contributed by atoms with E-state index in [1.54, 1.807) is 11.3 Å². The Labute approximate surface area is 217 Å². The summed E-state index contributed by atoms with van der Waals surface area (Å²) in [6.45, 7) is 11.3. The first-order valence-corrected chi connectivity index (χ1v) is 13.9. The summed E-state index contributed by atoms with van der Waals surface area (Å²) < 4.78 is 0. The number of rotatable bonds is 7. The van der Waals surface area contributed by atoms with Gasteiger partial charge in [0.1, 0.15) is 16.4 Å². The van der Waals surface area contributed by atoms with Crippen molar-refractivity contribution in [1.29, 1.82) is 0 Å². The van der Waals surface area contributed by atoms with Gasteiger partial charge in [0.25, 0.3) is 5.91 Å². The van der Waals surface area contributed by atoms with Crippen LogP contribution in [-0.2, 0) is 4.79 Å². The number of hydrogen-bond donors (Lipinski definition) is 2. The summed E-state index contributed by atoms with van der Waals surface area (Å²) in [4.78, 5) is 37.8. The zero-order valence-corrected chi connectivity index (χ0v) is 22.3. The first kappa shape index (κ1) is 24.8. The summed E-state index contributed by atoms with van der Waals surface area (Å²) in [6, 6.07) is 10.2. The van der Waals surface area contributed by atoms with Gasteiger partial charge in [-0.3, -0.25) is 14.6 Å². The largest absolute Gasteiger partial charge is 0.353 e. The van der Waals surface area contributed by atoms with Gasteiger partial charge in [-0.25, -0.2) is 9.79 Å². The average molecular weight is 509 g/mol. The number of imide groups is 1. The van der Waals surface area contributed by atoms with Crippen LogP contribution in [0, 0.1) is 6.92 Å². The smallest absolute Gasteiger partial charge is 0.325 e. The van der Waals surface area contributed by atoms with Crippen molar-refractivity contribution >= 4 is 45.5 Å². The van der Waals surface area contributed by atoms with E-state index in [-0.39, 0.29) is 11.9 Å². The molecular weight excluding hydrogens is 472 g/mol. The lowest BCUT2D eigenvalue weighted by atomic mass is 9.93. The molecule has 1 aromatic carbocycles. The number of para-hydroxylation sites is 2. The van der Waals surface area contributed by atoms with Gasteiger partial charge in [0.2, 0.25) is 0 Å². The minimum absolute atomic E-state index is 0.0608. The number of urea groups is 1. The number of aliphatic imine (C=N–C) groups is 1. The fraction of sp³-hybridized carbons (Fsp3) is 0.519. The Morgan fingerprint density at radius 2 is 1.75 bits per heavy atom. The molecule has 0 saturated carbocycles. The molecule has 0 atom stereocenters. The number of nitrogens with one attached hydrogen (secondary N) is 2. The van der Waals surface area contributed by atoms with Crippen LogP contribution in [0.5, 0.6) is 0 Å². The van der Waals surface area contributed by atoms with Gasteiger partial charge < -0.3 is 15.5 Å². The summed E-state index contributed by atoms with van der Waals surface area (Å²) in [5.74, 6) is 0.995. The second-order valence-corrected chi connectivity index (χ2v) is 11.1. The molecule has 2 fully saturated rings. The molecule has 8 nitrogen and oxygen atoms in total. The zero-order valence-electron chi connectivity index (χ0n) is 21.5. The quantitative estimate of drug-likeness (QED) is 0.419. The maximum atomic E-state index is 12.8. The van der Waals surface area contributed by atoms with Crippen LogP contribution < -0.4 is 10.6 Å². The van der Waals surface area contributed by atoms with Crippen molar-refractivity contribution in [2.75, 3.05) is 44.6 Å². The highest BCUT2D eigenvalue weighted by molar-refractivity contribution is 7.16. The Kier molecular flexibility index (Phi) is 7.03. The van der Waals surface area contributed by atoms with Crippen LogP contribution in [-0.4, -0.2) is 77.3 Å². The van der Waals surface area contributed by atoms with Gasteiger partial charge in [-0.1, -0.05) is 26.0 Å². The van der Waals surface area contributed by atoms with Crippen LogP contribution in [0.1, 0.15) is 50.0 Å². The number of aryl methyl sites for hydroxylation is 1. The number of amides is 3. The van der Waals surface area contributed by atoms with Gasteiger partial charge >= 0.3 is 6.03 Å². The topological polar surface area (TPSA) is 80.3 Å². The van der Waals surface area contributed by atoms with Crippen molar-refractivity contribution in [3.63, 3.8) is 0 Å². The Morgan fingerprint density at radius 1 is 1.03 bits per heavy atom. The number of carbonyl (C=O) groups is 2. The number of anilines is 2. The maximum absolute atomic E-state index is 12.8. The van der Waals surface area contributed by atoms with Gasteiger partial charge in [0.05, 0.1) is 16.9 Å². The number of carbonyl (C=O) groups excluding carboxylic acids is 2. The van der Waals surface area contributed by atoms with Crippen LogP contribution in [0.2, 0.25) is 0 Å². The van der Waals surface area contributed by atoms with E-state index in [1.807, 2.05) is 26.0 Å². The van der Waals surface area contributed by atoms with E-state index in [0.29, 0.717) is 19.4 Å². The molecule has 4 heterocycles. The first-order valence-electron chi connectivity index (χ1n) is 13.1. The Morgan fingerprint density at radius 3 is 2.47 bits per heavy atom. The fourth-order valence-electron chi connectivity index (χ4n) is 5.38. The van der Waals surface area contributed by atoms with Crippen LogP contribution in [0.4, 0.5) is 21.2 Å². The van der Waals surface area contributed by atoms with E-state index >= 15 is 0 Å². The van der Waals surface area contributed by atoms with E-state index in [9.17, 15) is 9.59 Å². The highest BCUT2D eigenvalue weighted by Gasteiger charge is 2.48. The number of fused-ring (bicyclic) bond motifs is 2. The second kappa shape index (κ2) is 10.2. The SMILES string of the molecule is CCC1(CC)NC(=O)N(CCCCN2CCN(C3=Nc4ccccc4Nc4sc(C)cc43)CC2)C1=O. The summed E-state index contributed by atoms with van der Waals surface area (Å²) in [5, 5.41) is 7.67. The number of benzene rings is 1. The van der Waals surface area contributed by atoms with Gasteiger partial charge in [-0.15, -0.1) is 11.3 Å². The Bertz CT molecular complexity index is 1160. The predicted octanol–water partition coefficient (Wildman–Crippen LogP) is 4.70. The van der Waals surface area contributed by atoms with E-state index in [1.165, 1.54) is 15.3 Å². The zero-order chi connectivity index (χ0) is 25.3. The van der Waals surface area contributed by atoms with Gasteiger partial charge in [0.15, 0.2) is 0 Å². The van der Waals surface area contributed by atoms with Crippen molar-refractivity contribution in [2.24, 2.45) is 4.99 Å². The number of piperazine rings is 1. The van der Waals surface area contributed by atoms with Gasteiger partial charge in [-0.05, 0) is 57.4 Å². The van der Waals surface area contributed by atoms with E-state index in [2.05, 4.69) is 45.6 Å². The van der Waals surface area contributed by atoms with Crippen molar-refractivity contribution < 1.29 is 9.59 Å². The molecule has 1 aromatic heterocycles. The predicted molar refractivity (Wildman–Crippen MR) is 146 cm³/mol. The summed E-state index contributed by atoms with van der Waals surface area (Å²) in [6.07, 6.45) is 3.06. The fourth-order valence-corrected chi connectivity index (χ4v) is 6.30. The van der Waals surface area contributed by atoms with Crippen molar-refractivity contribution in [3.8, 4) is 0 Å². The van der Waals surface area contributed by atoms with Crippen LogP contribution in [0.15, 0.2) is 35.3 Å². The number of nitrogens with zero attached hydrogens (tertiary/aromatic N) is 4. The molecule has 0 bridgehead atoms. The third kappa shape index (κ3) is 4.62. The molecular formula is C27H36N6O2S. The molecule has 3 amide bonds. The van der Waals surface area contributed by atoms with Crippen molar-refractivity contribution in [3.05, 3.63) is 40.8 Å². The molecule has 2 saturated heterocycles. The number of amidine groups is 1. The minimum Gasteiger partial charge on any atom is -0.353 e. The third-order valence-corrected chi connectivity index (χ3v) is 8.67. The van der Waals surface area contributed by atoms with Crippen molar-refractivity contribution in [2.45, 2.75) is 52.0 Å². The molecule has 5 rings (SSSR count).